The van der Waals surface area contributed by atoms with Crippen LogP contribution in [0.1, 0.15) is 86.0 Å². The fraction of sp³-hybridized carbons (Fsp3) is 0.680. The molecule has 0 spiro atoms. The summed E-state index contributed by atoms with van der Waals surface area (Å²) in [6, 6.07) is 0. The van der Waals surface area contributed by atoms with Gasteiger partial charge in [-0.05, 0) is 86.0 Å². The van der Waals surface area contributed by atoms with E-state index in [-0.39, 0.29) is 13.2 Å². The normalized spacial score (nSPS) is 14.3. The van der Waals surface area contributed by atoms with Gasteiger partial charge in [-0.25, -0.2) is 0 Å². The maximum atomic E-state index is 9.18. The van der Waals surface area contributed by atoms with E-state index in [1.807, 2.05) is 0 Å². The van der Waals surface area contributed by atoms with Gasteiger partial charge in [0, 0.05) is 6.61 Å². The van der Waals surface area contributed by atoms with Crippen molar-refractivity contribution < 1.29 is 14.9 Å². The second kappa shape index (κ2) is 17.9. The largest absolute Gasteiger partial charge is 0.394 e. The minimum atomic E-state index is -0.755. The van der Waals surface area contributed by atoms with Crippen molar-refractivity contribution in [2.24, 2.45) is 0 Å². The summed E-state index contributed by atoms with van der Waals surface area (Å²) in [5.41, 5.74) is 5.81. The molecule has 0 aliphatic heterocycles. The first-order chi connectivity index (χ1) is 13.3. The summed E-state index contributed by atoms with van der Waals surface area (Å²) in [4.78, 5) is 0. The van der Waals surface area contributed by atoms with Crippen LogP contribution in [-0.4, -0.2) is 36.1 Å². The third-order valence-corrected chi connectivity index (χ3v) is 4.66. The smallest absolute Gasteiger partial charge is 0.100 e. The molecule has 0 saturated carbocycles. The molecule has 0 heterocycles. The third-order valence-electron chi connectivity index (χ3n) is 4.66. The lowest BCUT2D eigenvalue weighted by molar-refractivity contribution is 0.00585. The quantitative estimate of drug-likeness (QED) is 0.240. The molecule has 3 nitrogen and oxygen atoms in total. The highest BCUT2D eigenvalue weighted by Crippen LogP contribution is 2.14. The second-order valence-electron chi connectivity index (χ2n) is 8.10. The Bertz CT molecular complexity index is 508. The molecule has 0 amide bonds. The van der Waals surface area contributed by atoms with Crippen LogP contribution in [0.2, 0.25) is 0 Å². The zero-order chi connectivity index (χ0) is 21.2. The Hall–Kier alpha value is -1.16. The Morgan fingerprint density at radius 3 is 1.68 bits per heavy atom. The lowest BCUT2D eigenvalue weighted by Crippen LogP contribution is -2.19. The fourth-order valence-electron chi connectivity index (χ4n) is 2.79. The maximum absolute atomic E-state index is 9.18. The van der Waals surface area contributed by atoms with E-state index < -0.39 is 6.10 Å². The summed E-state index contributed by atoms with van der Waals surface area (Å²) < 4.78 is 5.31. The maximum Gasteiger partial charge on any atom is 0.100 e. The van der Waals surface area contributed by atoms with Gasteiger partial charge in [0.2, 0.25) is 0 Å². The average molecular weight is 393 g/mol. The number of hydrogen-bond acceptors (Lipinski definition) is 3. The van der Waals surface area contributed by atoms with Crippen LogP contribution in [0, 0.1) is 0 Å². The number of unbranched alkanes of at least 4 members (excludes halogenated alkanes) is 1. The van der Waals surface area contributed by atoms with Gasteiger partial charge in [0.1, 0.15) is 6.10 Å². The Balaban J connectivity index is 3.87. The summed E-state index contributed by atoms with van der Waals surface area (Å²) in [5.74, 6) is 0. The molecule has 0 aliphatic rings. The van der Waals surface area contributed by atoms with Crippen molar-refractivity contribution in [2.45, 2.75) is 92.1 Å². The predicted octanol–water partition coefficient (Wildman–Crippen LogP) is 6.28. The molecule has 0 saturated heterocycles. The van der Waals surface area contributed by atoms with Crippen LogP contribution in [0.25, 0.3) is 0 Å². The van der Waals surface area contributed by atoms with Crippen LogP contribution in [0.4, 0.5) is 0 Å². The predicted molar refractivity (Wildman–Crippen MR) is 122 cm³/mol. The molecule has 0 rings (SSSR count). The van der Waals surface area contributed by atoms with E-state index in [9.17, 15) is 5.11 Å². The first-order valence-corrected chi connectivity index (χ1v) is 10.8. The van der Waals surface area contributed by atoms with Crippen LogP contribution in [0.15, 0.2) is 46.6 Å². The van der Waals surface area contributed by atoms with E-state index in [0.717, 1.165) is 44.9 Å². The van der Waals surface area contributed by atoms with Crippen molar-refractivity contribution in [1.29, 1.82) is 0 Å². The van der Waals surface area contributed by atoms with Crippen LogP contribution in [-0.2, 0) is 4.74 Å². The highest BCUT2D eigenvalue weighted by atomic mass is 16.5. The molecule has 1 unspecified atom stereocenters. The fourth-order valence-corrected chi connectivity index (χ4v) is 2.79. The number of hydrogen-bond donors (Lipinski definition) is 2. The molecule has 0 aromatic rings. The Morgan fingerprint density at radius 2 is 1.21 bits per heavy atom. The lowest BCUT2D eigenvalue weighted by Gasteiger charge is -2.07. The summed E-state index contributed by atoms with van der Waals surface area (Å²) >= 11 is 0. The topological polar surface area (TPSA) is 49.7 Å². The SMILES string of the molecule is CC(C)=CCCC(C)=CCCC(C)=CCCC(C)=CCCCOCC(O)CO. The Morgan fingerprint density at radius 1 is 0.750 bits per heavy atom. The van der Waals surface area contributed by atoms with Gasteiger partial charge in [-0.1, -0.05) is 46.6 Å². The van der Waals surface area contributed by atoms with Crippen molar-refractivity contribution >= 4 is 0 Å². The molecule has 162 valence electrons. The van der Waals surface area contributed by atoms with Crippen LogP contribution >= 0.6 is 0 Å². The molecule has 0 radical (unpaired) electrons. The van der Waals surface area contributed by atoms with Crippen molar-refractivity contribution in [1.82, 2.24) is 0 Å². The number of ether oxygens (including phenoxy) is 1. The third kappa shape index (κ3) is 18.2. The summed E-state index contributed by atoms with van der Waals surface area (Å²) in [7, 11) is 0. The van der Waals surface area contributed by atoms with Gasteiger partial charge in [0.25, 0.3) is 0 Å². The highest BCUT2D eigenvalue weighted by molar-refractivity contribution is 5.07. The van der Waals surface area contributed by atoms with Crippen LogP contribution < -0.4 is 0 Å². The van der Waals surface area contributed by atoms with E-state index in [1.54, 1.807) is 0 Å². The van der Waals surface area contributed by atoms with Gasteiger partial charge in [-0.3, -0.25) is 0 Å². The molecule has 3 heteroatoms. The van der Waals surface area contributed by atoms with Gasteiger partial charge in [0.05, 0.1) is 13.2 Å². The standard InChI is InChI=1S/C25H44O3/c1-21(2)11-8-13-23(4)15-10-17-24(5)16-9-14-22(3)12-6-7-18-28-20-25(27)19-26/h11-12,15-16,25-27H,6-10,13-14,17-20H2,1-5H3. The number of aliphatic hydroxyl groups is 2. The summed E-state index contributed by atoms with van der Waals surface area (Å²) in [6.07, 6.45) is 17.4. The summed E-state index contributed by atoms with van der Waals surface area (Å²) in [6.45, 7) is 11.6. The molecular weight excluding hydrogens is 348 g/mol. The molecule has 0 aromatic heterocycles. The average Bonchev–Trinajstić information content (AvgIpc) is 2.63. The van der Waals surface area contributed by atoms with Crippen LogP contribution in [0.5, 0.6) is 0 Å². The molecule has 1 atom stereocenters. The van der Waals surface area contributed by atoms with Crippen molar-refractivity contribution in [3.63, 3.8) is 0 Å². The van der Waals surface area contributed by atoms with Gasteiger partial charge in [-0.2, -0.15) is 0 Å². The Kier molecular flexibility index (Phi) is 17.2. The van der Waals surface area contributed by atoms with E-state index >= 15 is 0 Å². The minimum Gasteiger partial charge on any atom is -0.394 e. The first kappa shape index (κ1) is 26.8. The second-order valence-corrected chi connectivity index (χ2v) is 8.10. The molecule has 28 heavy (non-hydrogen) atoms. The molecule has 0 bridgehead atoms. The van der Waals surface area contributed by atoms with E-state index in [1.165, 1.54) is 28.7 Å². The number of allylic oxidation sites excluding steroid dienone is 8. The molecular formula is C25H44O3. The van der Waals surface area contributed by atoms with E-state index in [4.69, 9.17) is 9.84 Å². The van der Waals surface area contributed by atoms with Crippen molar-refractivity contribution in [3.8, 4) is 0 Å². The Labute approximate surface area is 173 Å². The highest BCUT2D eigenvalue weighted by Gasteiger charge is 2.00. The van der Waals surface area contributed by atoms with Gasteiger partial charge < -0.3 is 14.9 Å². The van der Waals surface area contributed by atoms with Gasteiger partial charge in [0.15, 0.2) is 0 Å². The molecule has 2 N–H and O–H groups in total. The first-order valence-electron chi connectivity index (χ1n) is 10.8. The molecule has 0 aliphatic carbocycles. The van der Waals surface area contributed by atoms with Crippen LogP contribution in [0.3, 0.4) is 0 Å². The van der Waals surface area contributed by atoms with Gasteiger partial charge in [-0.15, -0.1) is 0 Å². The summed E-state index contributed by atoms with van der Waals surface area (Å²) in [5, 5.41) is 17.9. The van der Waals surface area contributed by atoms with Crippen molar-refractivity contribution in [2.75, 3.05) is 19.8 Å². The number of aliphatic hydroxyl groups excluding tert-OH is 2. The van der Waals surface area contributed by atoms with E-state index in [0.29, 0.717) is 6.61 Å². The zero-order valence-corrected chi connectivity index (χ0v) is 19.0. The number of rotatable bonds is 16. The molecule has 0 aromatic carbocycles. The minimum absolute atomic E-state index is 0.216. The van der Waals surface area contributed by atoms with Crippen molar-refractivity contribution in [3.05, 3.63) is 46.6 Å². The monoisotopic (exact) mass is 392 g/mol. The van der Waals surface area contributed by atoms with Gasteiger partial charge >= 0.3 is 0 Å². The zero-order valence-electron chi connectivity index (χ0n) is 19.0. The lowest BCUT2D eigenvalue weighted by atomic mass is 10.0. The molecule has 0 fully saturated rings. The van der Waals surface area contributed by atoms with E-state index in [2.05, 4.69) is 58.9 Å².